The lowest BCUT2D eigenvalue weighted by atomic mass is 9.64. The van der Waals surface area contributed by atoms with Crippen LogP contribution >= 0.6 is 0 Å². The van der Waals surface area contributed by atoms with Gasteiger partial charge in [0, 0.05) is 6.61 Å². The SMILES string of the molecule is CC1(C)CCC(CCO)(C(=O)O)CC1. The Labute approximate surface area is 85.1 Å². The molecule has 0 amide bonds. The normalized spacial score (nSPS) is 24.5. The Hall–Kier alpha value is -0.570. The predicted molar refractivity (Wildman–Crippen MR) is 54.0 cm³/mol. The van der Waals surface area contributed by atoms with E-state index in [2.05, 4.69) is 13.8 Å². The van der Waals surface area contributed by atoms with E-state index in [-0.39, 0.29) is 12.0 Å². The van der Waals surface area contributed by atoms with Crippen molar-refractivity contribution >= 4 is 5.97 Å². The highest BCUT2D eigenvalue weighted by molar-refractivity contribution is 5.74. The number of rotatable bonds is 3. The predicted octanol–water partition coefficient (Wildman–Crippen LogP) is 2.04. The van der Waals surface area contributed by atoms with Crippen molar-refractivity contribution in [2.45, 2.75) is 46.0 Å². The number of aliphatic hydroxyl groups is 1. The fraction of sp³-hybridized carbons (Fsp3) is 0.909. The lowest BCUT2D eigenvalue weighted by Crippen LogP contribution is -2.38. The lowest BCUT2D eigenvalue weighted by Gasteiger charge is -2.40. The number of carbonyl (C=O) groups is 1. The van der Waals surface area contributed by atoms with Crippen LogP contribution in [0.2, 0.25) is 0 Å². The molecule has 3 heteroatoms. The highest BCUT2D eigenvalue weighted by Gasteiger charge is 2.43. The van der Waals surface area contributed by atoms with Crippen LogP contribution in [0.25, 0.3) is 0 Å². The molecule has 3 nitrogen and oxygen atoms in total. The van der Waals surface area contributed by atoms with Gasteiger partial charge in [0.15, 0.2) is 0 Å². The first-order valence-corrected chi connectivity index (χ1v) is 5.26. The van der Waals surface area contributed by atoms with E-state index < -0.39 is 11.4 Å². The first-order chi connectivity index (χ1) is 6.42. The Morgan fingerprint density at radius 2 is 1.71 bits per heavy atom. The lowest BCUT2D eigenvalue weighted by molar-refractivity contribution is -0.153. The second-order valence-electron chi connectivity index (χ2n) is 5.22. The number of hydrogen-bond acceptors (Lipinski definition) is 2. The largest absolute Gasteiger partial charge is 0.481 e. The van der Waals surface area contributed by atoms with Crippen LogP contribution in [0.4, 0.5) is 0 Å². The minimum Gasteiger partial charge on any atom is -0.481 e. The Kier molecular flexibility index (Phi) is 3.20. The average molecular weight is 200 g/mol. The summed E-state index contributed by atoms with van der Waals surface area (Å²) in [6.07, 6.45) is 3.70. The molecule has 82 valence electrons. The van der Waals surface area contributed by atoms with E-state index in [9.17, 15) is 9.90 Å². The standard InChI is InChI=1S/C11H20O3/c1-10(2)3-5-11(6-4-10,7-8-12)9(13)14/h12H,3-8H2,1-2H3,(H,13,14). The fourth-order valence-corrected chi connectivity index (χ4v) is 2.19. The molecule has 1 aliphatic carbocycles. The molecule has 1 saturated carbocycles. The summed E-state index contributed by atoms with van der Waals surface area (Å²) in [5, 5.41) is 18.1. The van der Waals surface area contributed by atoms with Crippen molar-refractivity contribution in [3.05, 3.63) is 0 Å². The molecule has 14 heavy (non-hydrogen) atoms. The van der Waals surface area contributed by atoms with Gasteiger partial charge in [-0.3, -0.25) is 4.79 Å². The zero-order valence-corrected chi connectivity index (χ0v) is 9.05. The summed E-state index contributed by atoms with van der Waals surface area (Å²) in [6, 6.07) is 0. The maximum Gasteiger partial charge on any atom is 0.309 e. The molecule has 0 aromatic heterocycles. The van der Waals surface area contributed by atoms with Crippen LogP contribution in [0.1, 0.15) is 46.0 Å². The van der Waals surface area contributed by atoms with Gasteiger partial charge in [-0.05, 0) is 37.5 Å². The average Bonchev–Trinajstić information content (AvgIpc) is 2.09. The van der Waals surface area contributed by atoms with Gasteiger partial charge < -0.3 is 10.2 Å². The quantitative estimate of drug-likeness (QED) is 0.733. The molecule has 1 rings (SSSR count). The van der Waals surface area contributed by atoms with Gasteiger partial charge in [0.2, 0.25) is 0 Å². The summed E-state index contributed by atoms with van der Waals surface area (Å²) in [5.74, 6) is -0.734. The molecule has 1 aliphatic rings. The van der Waals surface area contributed by atoms with Gasteiger partial charge >= 0.3 is 5.97 Å². The Bertz CT molecular complexity index is 211. The van der Waals surface area contributed by atoms with E-state index in [0.717, 1.165) is 12.8 Å². The van der Waals surface area contributed by atoms with Crippen LogP contribution in [0.15, 0.2) is 0 Å². The first kappa shape index (κ1) is 11.5. The molecule has 0 aromatic carbocycles. The van der Waals surface area contributed by atoms with E-state index in [1.165, 1.54) is 0 Å². The number of aliphatic carboxylic acids is 1. The van der Waals surface area contributed by atoms with E-state index >= 15 is 0 Å². The van der Waals surface area contributed by atoms with Crippen molar-refractivity contribution in [3.63, 3.8) is 0 Å². The summed E-state index contributed by atoms with van der Waals surface area (Å²) in [5.41, 5.74) is -0.376. The molecule has 0 atom stereocenters. The monoisotopic (exact) mass is 200 g/mol. The summed E-state index contributed by atoms with van der Waals surface area (Å²) in [6.45, 7) is 4.34. The van der Waals surface area contributed by atoms with Crippen molar-refractivity contribution in [2.75, 3.05) is 6.61 Å². The van der Waals surface area contributed by atoms with Crippen LogP contribution in [0.5, 0.6) is 0 Å². The van der Waals surface area contributed by atoms with Crippen molar-refractivity contribution in [1.29, 1.82) is 0 Å². The highest BCUT2D eigenvalue weighted by Crippen LogP contribution is 2.46. The molecule has 0 bridgehead atoms. The second kappa shape index (κ2) is 3.89. The van der Waals surface area contributed by atoms with Crippen LogP contribution in [-0.2, 0) is 4.79 Å². The van der Waals surface area contributed by atoms with Gasteiger partial charge in [-0.2, -0.15) is 0 Å². The van der Waals surface area contributed by atoms with Gasteiger partial charge in [0.05, 0.1) is 5.41 Å². The van der Waals surface area contributed by atoms with Crippen LogP contribution in [0, 0.1) is 10.8 Å². The molecular formula is C11H20O3. The van der Waals surface area contributed by atoms with E-state index in [0.29, 0.717) is 19.3 Å². The molecule has 1 fully saturated rings. The third-order valence-corrected chi connectivity index (χ3v) is 3.60. The molecule has 0 radical (unpaired) electrons. The third kappa shape index (κ3) is 2.27. The number of carboxylic acids is 1. The van der Waals surface area contributed by atoms with E-state index in [4.69, 9.17) is 5.11 Å². The van der Waals surface area contributed by atoms with E-state index in [1.54, 1.807) is 0 Å². The van der Waals surface area contributed by atoms with E-state index in [1.807, 2.05) is 0 Å². The summed E-state index contributed by atoms with van der Waals surface area (Å²) >= 11 is 0. The number of carboxylic acid groups (broad SMARTS) is 1. The summed E-state index contributed by atoms with van der Waals surface area (Å²) < 4.78 is 0. The maximum absolute atomic E-state index is 11.2. The maximum atomic E-state index is 11.2. The topological polar surface area (TPSA) is 57.5 Å². The summed E-state index contributed by atoms with van der Waals surface area (Å²) in [4.78, 5) is 11.2. The number of aliphatic hydroxyl groups excluding tert-OH is 1. The fourth-order valence-electron chi connectivity index (χ4n) is 2.19. The van der Waals surface area contributed by atoms with Crippen molar-refractivity contribution < 1.29 is 15.0 Å². The molecule has 0 saturated heterocycles. The van der Waals surface area contributed by atoms with Crippen LogP contribution in [-0.4, -0.2) is 22.8 Å². The minimum absolute atomic E-state index is 0.0211. The Morgan fingerprint density at radius 1 is 1.21 bits per heavy atom. The molecule has 0 unspecified atom stereocenters. The minimum atomic E-state index is -0.734. The molecule has 2 N–H and O–H groups in total. The van der Waals surface area contributed by atoms with Crippen molar-refractivity contribution in [1.82, 2.24) is 0 Å². The molecule has 0 aliphatic heterocycles. The first-order valence-electron chi connectivity index (χ1n) is 5.26. The van der Waals surface area contributed by atoms with Gasteiger partial charge in [-0.25, -0.2) is 0 Å². The Balaban J connectivity index is 2.69. The van der Waals surface area contributed by atoms with Gasteiger partial charge in [0.25, 0.3) is 0 Å². The molecule has 0 heterocycles. The molecule has 0 aromatic rings. The number of hydrogen-bond donors (Lipinski definition) is 2. The van der Waals surface area contributed by atoms with Gasteiger partial charge in [0.1, 0.15) is 0 Å². The molecule has 0 spiro atoms. The zero-order valence-electron chi connectivity index (χ0n) is 9.05. The van der Waals surface area contributed by atoms with Crippen LogP contribution < -0.4 is 0 Å². The second-order valence-corrected chi connectivity index (χ2v) is 5.22. The van der Waals surface area contributed by atoms with Gasteiger partial charge in [-0.15, -0.1) is 0 Å². The highest BCUT2D eigenvalue weighted by atomic mass is 16.4. The summed E-state index contributed by atoms with van der Waals surface area (Å²) in [7, 11) is 0. The van der Waals surface area contributed by atoms with Crippen molar-refractivity contribution in [2.24, 2.45) is 10.8 Å². The van der Waals surface area contributed by atoms with Crippen LogP contribution in [0.3, 0.4) is 0 Å². The van der Waals surface area contributed by atoms with Crippen molar-refractivity contribution in [3.8, 4) is 0 Å². The smallest absolute Gasteiger partial charge is 0.309 e. The third-order valence-electron chi connectivity index (χ3n) is 3.60. The molecular weight excluding hydrogens is 180 g/mol. The zero-order chi connectivity index (χ0) is 10.8. The Morgan fingerprint density at radius 3 is 2.07 bits per heavy atom. The van der Waals surface area contributed by atoms with Gasteiger partial charge in [-0.1, -0.05) is 13.8 Å².